The molecule has 20 atom stereocenters. The van der Waals surface area contributed by atoms with Gasteiger partial charge in [0, 0.05) is 25.9 Å². The first-order valence-electron chi connectivity index (χ1n) is 38.4. The molecular formula is C74H121N13O23. The molecule has 13 amide bonds. The van der Waals surface area contributed by atoms with Crippen LogP contribution in [-0.2, 0) is 78.3 Å². The summed E-state index contributed by atoms with van der Waals surface area (Å²) in [5.41, 5.74) is 6.11. The van der Waals surface area contributed by atoms with E-state index in [1.54, 1.807) is 20.8 Å². The molecule has 3 unspecified atom stereocenters. The van der Waals surface area contributed by atoms with Crippen molar-refractivity contribution in [2.75, 3.05) is 19.6 Å². The number of hydrogen-bond donors (Lipinski definition) is 19. The summed E-state index contributed by atoms with van der Waals surface area (Å²) in [6.45, 7) is 13.9. The molecule has 36 nitrogen and oxygen atoms in total. The number of aryl methyl sites for hydroxylation is 1. The Kier molecular flexibility index (Phi) is 38.8. The predicted molar refractivity (Wildman–Crippen MR) is 396 cm³/mol. The Morgan fingerprint density at radius 3 is 1.64 bits per heavy atom. The maximum atomic E-state index is 14.8. The third-order valence-corrected chi connectivity index (χ3v) is 19.9. The molecule has 0 bridgehead atoms. The quantitative estimate of drug-likeness (QED) is 0.0334. The number of fused-ring (bicyclic) bond motifs is 2. The van der Waals surface area contributed by atoms with Gasteiger partial charge in [-0.1, -0.05) is 124 Å². The Bertz CT molecular complexity index is 3300. The topological polar surface area (TPSA) is 563 Å². The van der Waals surface area contributed by atoms with Crippen molar-refractivity contribution in [2.24, 2.45) is 17.6 Å². The van der Waals surface area contributed by atoms with Crippen molar-refractivity contribution >= 4 is 82.8 Å². The van der Waals surface area contributed by atoms with Gasteiger partial charge >= 0.3 is 5.97 Å². The summed E-state index contributed by atoms with van der Waals surface area (Å²) in [5, 5.41) is 112. The van der Waals surface area contributed by atoms with Crippen LogP contribution in [0.25, 0.3) is 0 Å². The fourth-order valence-electron chi connectivity index (χ4n) is 13.3. The zero-order valence-electron chi connectivity index (χ0n) is 65.1. The Hall–Kier alpha value is -8.68. The van der Waals surface area contributed by atoms with E-state index in [2.05, 4.69) is 60.1 Å². The van der Waals surface area contributed by atoms with E-state index in [4.69, 9.17) is 10.5 Å². The first-order chi connectivity index (χ1) is 51.7. The Morgan fingerprint density at radius 2 is 1.07 bits per heavy atom. The van der Waals surface area contributed by atoms with Gasteiger partial charge in [0.15, 0.2) is 0 Å². The van der Waals surface area contributed by atoms with E-state index in [-0.39, 0.29) is 25.0 Å². The molecule has 0 radical (unpaired) electrons. The molecule has 20 N–H and O–H groups in total. The van der Waals surface area contributed by atoms with Crippen LogP contribution in [-0.4, -0.2) is 268 Å². The summed E-state index contributed by atoms with van der Waals surface area (Å²) < 4.78 is 6.11. The molecular weight excluding hydrogens is 1440 g/mol. The first-order valence-corrected chi connectivity index (χ1v) is 38.4. The number of phenolic OH excluding ortho intramolecular Hbond substituents is 1. The van der Waals surface area contributed by atoms with E-state index in [0.29, 0.717) is 41.7 Å². The number of carbonyl (C=O) groups excluding carboxylic acids is 14. The maximum Gasteiger partial charge on any atom is 0.328 e. The number of amides is 13. The third kappa shape index (κ3) is 28.9. The van der Waals surface area contributed by atoms with Gasteiger partial charge in [0.05, 0.1) is 62.1 Å². The zero-order chi connectivity index (χ0) is 82.5. The number of ether oxygens (including phenoxy) is 1. The Morgan fingerprint density at radius 1 is 0.564 bits per heavy atom. The second-order valence-corrected chi connectivity index (χ2v) is 29.9. The molecule has 3 heterocycles. The lowest BCUT2D eigenvalue weighted by molar-refractivity contribution is -0.158. The van der Waals surface area contributed by atoms with Crippen LogP contribution in [0.5, 0.6) is 5.75 Å². The number of aliphatic hydroxyl groups excluding tert-OH is 7. The van der Waals surface area contributed by atoms with Crippen LogP contribution in [0.15, 0.2) is 18.2 Å². The minimum Gasteiger partial charge on any atom is -0.508 e. The fraction of sp³-hybridized carbons (Fsp3) is 0.730. The molecule has 3 saturated heterocycles. The number of rotatable bonds is 25. The standard InChI is InChI=1S/C74H121N13O23/c1-12-14-16-17-18-19-20-21-22-23-24-38(5)53-34-55(97)80-58(41(8)88)68(103)77-40(7)64(99)79-48(31-45-26-27-50(93)39(6)30-45)65(100)82-57(37(3)4)72(107)87-36-46(92)32-49(87)66(101)83-60(43(10)90)70(105)84-61(44(11)91)73(108)86-29-28-51(94)63(86)71(106)85-62(52(95)33-54(75)96)67(102)76-35-56(98)81-59(42(9)89)69(104)78-47(25-15-13-2)74(109)110-53/h26-27,30,37-38,40-44,46-49,51-53,57-63,88-95H,12-25,28-29,31-36H2,1-11H3,(H2,75,96)(H,76,102)(H,77,103)(H,78,104)(H,79,99)(H,80,97)(H,81,98)(H,82,100)(H,83,101)(H,84,105)(H,85,106)/t38?,40-,41-,42-,43-,44-,46-,47+,48+,49+,51+,52?,53+,57+,58-,59-,60-,61+,62?,63+/m1/s1. The van der Waals surface area contributed by atoms with Crippen molar-refractivity contribution in [3.05, 3.63) is 29.3 Å². The second-order valence-electron chi connectivity index (χ2n) is 29.9. The van der Waals surface area contributed by atoms with Crippen LogP contribution in [0.4, 0.5) is 0 Å². The lowest BCUT2D eigenvalue weighted by Crippen LogP contribution is -2.64. The van der Waals surface area contributed by atoms with E-state index >= 15 is 0 Å². The summed E-state index contributed by atoms with van der Waals surface area (Å²) >= 11 is 0. The lowest BCUT2D eigenvalue weighted by atomic mass is 9.94. The number of esters is 1. The number of unbranched alkanes of at least 4 members (excludes halogenated alkanes) is 10. The number of nitrogens with one attached hydrogen (secondary N) is 10. The highest BCUT2D eigenvalue weighted by Gasteiger charge is 2.48. The Balaban J connectivity index is 1.83. The molecule has 3 aliphatic rings. The Labute approximate surface area is 641 Å². The van der Waals surface area contributed by atoms with Gasteiger partial charge < -0.3 is 114 Å². The van der Waals surface area contributed by atoms with Crippen molar-refractivity contribution in [1.82, 2.24) is 63.0 Å². The lowest BCUT2D eigenvalue weighted by Gasteiger charge is -2.34. The smallest absolute Gasteiger partial charge is 0.328 e. The molecule has 0 aromatic heterocycles. The monoisotopic (exact) mass is 1560 g/mol. The van der Waals surface area contributed by atoms with Gasteiger partial charge in [-0.3, -0.25) is 62.3 Å². The highest BCUT2D eigenvalue weighted by molar-refractivity contribution is 6.00. The average Bonchev–Trinajstić information content (AvgIpc) is 1.63. The van der Waals surface area contributed by atoms with E-state index in [1.807, 2.05) is 0 Å². The number of hydrogen-bond acceptors (Lipinski definition) is 23. The summed E-state index contributed by atoms with van der Waals surface area (Å²) in [7, 11) is 0. The molecule has 4 rings (SSSR count). The molecule has 1 aromatic carbocycles. The van der Waals surface area contributed by atoms with Crippen LogP contribution < -0.4 is 58.9 Å². The van der Waals surface area contributed by atoms with Gasteiger partial charge in [-0.05, 0) is 89.8 Å². The van der Waals surface area contributed by atoms with Crippen molar-refractivity contribution in [3.63, 3.8) is 0 Å². The summed E-state index contributed by atoms with van der Waals surface area (Å²) in [5.74, 6) is -17.4. The van der Waals surface area contributed by atoms with E-state index in [1.165, 1.54) is 52.3 Å². The van der Waals surface area contributed by atoms with Crippen LogP contribution in [0.2, 0.25) is 0 Å². The van der Waals surface area contributed by atoms with Gasteiger partial charge in [-0.15, -0.1) is 0 Å². The summed E-state index contributed by atoms with van der Waals surface area (Å²) in [6, 6.07) is -15.3. The van der Waals surface area contributed by atoms with Crippen LogP contribution in [0, 0.1) is 18.8 Å². The first kappa shape index (κ1) is 93.7. The number of carbonyl (C=O) groups is 14. The molecule has 3 aliphatic heterocycles. The van der Waals surface area contributed by atoms with Gasteiger partial charge in [-0.25, -0.2) is 4.79 Å². The molecule has 620 valence electrons. The average molecular weight is 1560 g/mol. The van der Waals surface area contributed by atoms with E-state index in [9.17, 15) is 108 Å². The van der Waals surface area contributed by atoms with Gasteiger partial charge in [0.1, 0.15) is 78.3 Å². The number of nitrogens with zero attached hydrogens (tertiary/aromatic N) is 2. The van der Waals surface area contributed by atoms with Crippen molar-refractivity contribution < 1.29 is 113 Å². The van der Waals surface area contributed by atoms with Crippen LogP contribution in [0.3, 0.4) is 0 Å². The number of primary amides is 1. The van der Waals surface area contributed by atoms with Gasteiger partial charge in [-0.2, -0.15) is 0 Å². The zero-order valence-corrected chi connectivity index (χ0v) is 65.1. The molecule has 1 aromatic rings. The van der Waals surface area contributed by atoms with Crippen molar-refractivity contribution in [3.8, 4) is 5.75 Å². The number of benzene rings is 1. The number of nitrogens with two attached hydrogens (primary N) is 1. The van der Waals surface area contributed by atoms with Crippen molar-refractivity contribution in [1.29, 1.82) is 0 Å². The van der Waals surface area contributed by atoms with Gasteiger partial charge in [0.2, 0.25) is 76.8 Å². The second kappa shape index (κ2) is 45.6. The largest absolute Gasteiger partial charge is 0.508 e. The minimum absolute atomic E-state index is 0.0716. The van der Waals surface area contributed by atoms with Crippen LogP contribution in [0.1, 0.15) is 196 Å². The minimum atomic E-state index is -2.21. The van der Waals surface area contributed by atoms with Crippen molar-refractivity contribution in [2.45, 2.75) is 313 Å². The van der Waals surface area contributed by atoms with Crippen LogP contribution >= 0.6 is 0 Å². The third-order valence-electron chi connectivity index (χ3n) is 19.9. The summed E-state index contributed by atoms with van der Waals surface area (Å²) in [6.07, 6.45) is -5.10. The highest BCUT2D eigenvalue weighted by atomic mass is 16.5. The van der Waals surface area contributed by atoms with E-state index < -0.39 is 249 Å². The summed E-state index contributed by atoms with van der Waals surface area (Å²) in [4.78, 5) is 200. The molecule has 110 heavy (non-hydrogen) atoms. The number of aliphatic hydroxyl groups is 7. The molecule has 0 saturated carbocycles. The number of phenols is 1. The molecule has 3 fully saturated rings. The number of cyclic esters (lactones) is 1. The normalized spacial score (nSPS) is 28.2. The SMILES string of the molecule is CCCCCCCCCCCCC(C)[C@@H]1CC(=O)N[C@H]([C@@H](C)O)C(=O)N[C@H](C)C(=O)N[C@@H](Cc2ccc(O)c(C)c2)C(=O)N[C@@H](C(C)C)C(=O)N2C[C@H](O)C[C@H]2C(=O)N[C@H]([C@@H](C)O)C(=O)N[C@@H]([C@@H](C)O)C(=O)N2CC[C@H](O)[C@H]2C(=O)NC(C(O)CC(N)=O)C(=O)NCC(=O)N[C@H]([C@@H](C)O)C(=O)N[C@@H](CCCC)C(=O)O1. The maximum absolute atomic E-state index is 14.8. The molecule has 36 heteroatoms. The van der Waals surface area contributed by atoms with Gasteiger partial charge in [0.25, 0.3) is 0 Å². The van der Waals surface area contributed by atoms with E-state index in [0.717, 1.165) is 77.0 Å². The predicted octanol–water partition coefficient (Wildman–Crippen LogP) is -3.47. The number of aromatic hydroxyl groups is 1. The fourth-order valence-corrected chi connectivity index (χ4v) is 13.3. The highest BCUT2D eigenvalue weighted by Crippen LogP contribution is 2.27. The molecule has 0 aliphatic carbocycles. The molecule has 0 spiro atoms.